The molecule has 0 aromatic heterocycles. The standard InChI is InChI=1S/C7H13.BrH.Mg/c1-7-5-3-2-4-6-7;;/h3,7H,2,4-6H2,1H3;1H;/q;;+1/p-1. The summed E-state index contributed by atoms with van der Waals surface area (Å²) in [5.41, 5.74) is 0. The molecule has 0 amide bonds. The van der Waals surface area contributed by atoms with E-state index in [-0.39, 0.29) is 18.2 Å². The highest BCUT2D eigenvalue weighted by molar-refractivity contribution is 9.23. The zero-order valence-corrected chi connectivity index (χ0v) is 9.07. The third kappa shape index (κ3) is 2.77. The van der Waals surface area contributed by atoms with Crippen LogP contribution in [0.3, 0.4) is 0 Å². The van der Waals surface area contributed by atoms with Crippen LogP contribution in [0.4, 0.5) is 0 Å². The Morgan fingerprint density at radius 2 is 2.22 bits per heavy atom. The van der Waals surface area contributed by atoms with Crippen LogP contribution in [0.1, 0.15) is 32.6 Å². The predicted molar refractivity (Wildman–Crippen MR) is 46.1 cm³/mol. The molecule has 0 heterocycles. The maximum absolute atomic E-state index is 3.68. The fourth-order valence-electron chi connectivity index (χ4n) is 1.70. The monoisotopic (exact) mass is 200 g/mol. The lowest BCUT2D eigenvalue weighted by molar-refractivity contribution is 0.385. The molecule has 0 N–H and O–H groups in total. The lowest BCUT2D eigenvalue weighted by Gasteiger charge is -2.24. The first-order valence-corrected chi connectivity index (χ1v) is 8.60. The largest absolute Gasteiger partial charge is 0.471 e. The van der Waals surface area contributed by atoms with Crippen LogP contribution in [-0.2, 0) is 0 Å². The quantitative estimate of drug-likeness (QED) is 0.572. The Bertz CT molecular complexity index is 85.0. The van der Waals surface area contributed by atoms with Crippen LogP contribution >= 0.6 is 12.9 Å². The molecule has 0 aromatic rings. The Morgan fingerprint density at radius 3 is 2.67 bits per heavy atom. The fourth-order valence-corrected chi connectivity index (χ4v) is 4.60. The lowest BCUT2D eigenvalue weighted by Crippen LogP contribution is -2.10. The van der Waals surface area contributed by atoms with Crippen molar-refractivity contribution in [3.05, 3.63) is 0 Å². The zero-order valence-electron chi connectivity index (χ0n) is 6.07. The molecule has 1 rings (SSSR count). The molecule has 1 fully saturated rings. The van der Waals surface area contributed by atoms with Crippen molar-refractivity contribution in [1.29, 1.82) is 0 Å². The summed E-state index contributed by atoms with van der Waals surface area (Å²) in [6.07, 6.45) is 6.00. The molecule has 0 aromatic carbocycles. The topological polar surface area (TPSA) is 0 Å². The Balaban J connectivity index is 2.23. The molecule has 0 spiro atoms. The van der Waals surface area contributed by atoms with Gasteiger partial charge in [-0.1, -0.05) is 32.6 Å². The van der Waals surface area contributed by atoms with Gasteiger partial charge in [-0.25, -0.2) is 0 Å². The van der Waals surface area contributed by atoms with Gasteiger partial charge in [0.15, 0.2) is 0 Å². The van der Waals surface area contributed by atoms with E-state index in [0.717, 1.165) is 9.97 Å². The van der Waals surface area contributed by atoms with E-state index in [1.54, 1.807) is 0 Å². The molecule has 1 saturated carbocycles. The van der Waals surface area contributed by atoms with E-state index in [1.807, 2.05) is 0 Å². The summed E-state index contributed by atoms with van der Waals surface area (Å²) in [5.74, 6) is 1.02. The minimum atomic E-state index is 0.149. The van der Waals surface area contributed by atoms with Crippen molar-refractivity contribution >= 4 is 31.1 Å². The summed E-state index contributed by atoms with van der Waals surface area (Å²) in [4.78, 5) is 0. The summed E-state index contributed by atoms with van der Waals surface area (Å²) >= 11 is 3.83. The van der Waals surface area contributed by atoms with E-state index in [0.29, 0.717) is 0 Å². The number of halogens is 1. The molecule has 0 radical (unpaired) electrons. The van der Waals surface area contributed by atoms with Gasteiger partial charge in [0.2, 0.25) is 0 Å². The minimum Gasteiger partial charge on any atom is -0.306 e. The van der Waals surface area contributed by atoms with Crippen LogP contribution in [0.25, 0.3) is 0 Å². The van der Waals surface area contributed by atoms with E-state index < -0.39 is 0 Å². The van der Waals surface area contributed by atoms with Crippen LogP contribution in [0.5, 0.6) is 0 Å². The smallest absolute Gasteiger partial charge is 0.306 e. The van der Waals surface area contributed by atoms with Crippen molar-refractivity contribution in [2.75, 3.05) is 0 Å². The molecule has 0 nitrogen and oxygen atoms in total. The first kappa shape index (κ1) is 8.34. The molecule has 9 heavy (non-hydrogen) atoms. The van der Waals surface area contributed by atoms with Gasteiger partial charge >= 0.3 is 18.2 Å². The molecule has 1 aliphatic rings. The maximum Gasteiger partial charge on any atom is 0.471 e. The van der Waals surface area contributed by atoms with Gasteiger partial charge in [-0.2, -0.15) is 0 Å². The molecule has 2 heteroatoms. The third-order valence-corrected chi connectivity index (χ3v) is 6.19. The van der Waals surface area contributed by atoms with Crippen LogP contribution in [0, 0.1) is 5.92 Å². The van der Waals surface area contributed by atoms with Gasteiger partial charge in [0.25, 0.3) is 0 Å². The Kier molecular flexibility index (Phi) is 3.89. The van der Waals surface area contributed by atoms with E-state index >= 15 is 0 Å². The van der Waals surface area contributed by atoms with Crippen molar-refractivity contribution in [1.82, 2.24) is 0 Å². The number of hydrogen-bond donors (Lipinski definition) is 0. The van der Waals surface area contributed by atoms with Crippen molar-refractivity contribution in [3.8, 4) is 0 Å². The van der Waals surface area contributed by atoms with Crippen molar-refractivity contribution in [2.45, 2.75) is 36.7 Å². The summed E-state index contributed by atoms with van der Waals surface area (Å²) < 4.78 is 1.12. The van der Waals surface area contributed by atoms with Gasteiger partial charge in [0, 0.05) is 0 Å². The molecule has 0 saturated heterocycles. The van der Waals surface area contributed by atoms with E-state index in [2.05, 4.69) is 19.8 Å². The fraction of sp³-hybridized carbons (Fsp3) is 1.00. The highest BCUT2D eigenvalue weighted by atomic mass is 79.9. The van der Waals surface area contributed by atoms with Gasteiger partial charge in [0.1, 0.15) is 0 Å². The minimum absolute atomic E-state index is 0.149. The summed E-state index contributed by atoms with van der Waals surface area (Å²) in [7, 11) is 0. The molecule has 0 aliphatic heterocycles. The Labute approximate surface area is 73.4 Å². The Hall–Kier alpha value is 1.25. The Morgan fingerprint density at radius 1 is 1.44 bits per heavy atom. The molecular formula is C7H13BrMg. The molecule has 1 aliphatic carbocycles. The molecule has 2 unspecified atom stereocenters. The molecular weight excluding hydrogens is 188 g/mol. The maximum atomic E-state index is 3.68. The highest BCUT2D eigenvalue weighted by Gasteiger charge is 2.18. The second-order valence-corrected chi connectivity index (χ2v) is 6.70. The highest BCUT2D eigenvalue weighted by Crippen LogP contribution is 2.32. The van der Waals surface area contributed by atoms with Gasteiger partial charge in [-0.3, -0.25) is 0 Å². The molecule has 50 valence electrons. The molecule has 2 atom stereocenters. The van der Waals surface area contributed by atoms with Crippen LogP contribution in [0.15, 0.2) is 0 Å². The predicted octanol–water partition coefficient (Wildman–Crippen LogP) is 3.00. The van der Waals surface area contributed by atoms with E-state index in [9.17, 15) is 0 Å². The van der Waals surface area contributed by atoms with Gasteiger partial charge in [0.05, 0.1) is 0 Å². The van der Waals surface area contributed by atoms with Gasteiger partial charge in [-0.05, 0) is 5.92 Å². The van der Waals surface area contributed by atoms with Crippen LogP contribution in [0.2, 0.25) is 4.05 Å². The van der Waals surface area contributed by atoms with Crippen LogP contribution in [-0.4, -0.2) is 18.2 Å². The van der Waals surface area contributed by atoms with Gasteiger partial charge < -0.3 is 12.9 Å². The summed E-state index contributed by atoms with van der Waals surface area (Å²) in [6.45, 7) is 2.39. The van der Waals surface area contributed by atoms with Crippen molar-refractivity contribution < 1.29 is 0 Å². The van der Waals surface area contributed by atoms with Crippen molar-refractivity contribution in [3.63, 3.8) is 0 Å². The SMILES string of the molecule is CC1CCC[CH]([Mg][Br])C1. The second kappa shape index (κ2) is 4.19. The van der Waals surface area contributed by atoms with Crippen LogP contribution < -0.4 is 0 Å². The second-order valence-electron chi connectivity index (χ2n) is 3.29. The van der Waals surface area contributed by atoms with E-state index in [1.165, 1.54) is 25.7 Å². The van der Waals surface area contributed by atoms with Crippen molar-refractivity contribution in [2.24, 2.45) is 5.92 Å². The first-order valence-electron chi connectivity index (χ1n) is 3.89. The van der Waals surface area contributed by atoms with Gasteiger partial charge in [-0.15, -0.1) is 4.05 Å². The average molecular weight is 201 g/mol. The normalized spacial score (nSPS) is 35.8. The zero-order chi connectivity index (χ0) is 6.69. The first-order chi connectivity index (χ1) is 4.33. The number of hydrogen-bond acceptors (Lipinski definition) is 0. The summed E-state index contributed by atoms with van der Waals surface area (Å²) in [6, 6.07) is 0. The average Bonchev–Trinajstić information content (AvgIpc) is 1.88. The summed E-state index contributed by atoms with van der Waals surface area (Å²) in [5, 5.41) is 0. The number of rotatable bonds is 1. The third-order valence-electron chi connectivity index (χ3n) is 2.26. The van der Waals surface area contributed by atoms with E-state index in [4.69, 9.17) is 0 Å². The lowest BCUT2D eigenvalue weighted by atomic mass is 9.90. The molecule has 0 bridgehead atoms.